The molecule has 1 aromatic carbocycles. The maximum absolute atomic E-state index is 10.9. The van der Waals surface area contributed by atoms with Crippen LogP contribution in [-0.2, 0) is 0 Å². The number of hydrogen-bond donors (Lipinski definition) is 1. The Morgan fingerprint density at radius 1 is 1.37 bits per heavy atom. The Bertz CT molecular complexity index is 495. The summed E-state index contributed by atoms with van der Waals surface area (Å²) >= 11 is 0. The lowest BCUT2D eigenvalue weighted by atomic mass is 9.97. The average Bonchev–Trinajstić information content (AvgIpc) is 2.41. The van der Waals surface area contributed by atoms with E-state index in [-0.39, 0.29) is 10.6 Å². The summed E-state index contributed by atoms with van der Waals surface area (Å²) in [6.07, 6.45) is 8.37. The predicted molar refractivity (Wildman–Crippen MR) is 77.5 cm³/mol. The molecule has 0 amide bonds. The first kappa shape index (κ1) is 13.6. The third kappa shape index (κ3) is 3.56. The van der Waals surface area contributed by atoms with Gasteiger partial charge in [0.2, 0.25) is 0 Å². The van der Waals surface area contributed by atoms with Crippen molar-refractivity contribution in [3.8, 4) is 0 Å². The Morgan fingerprint density at radius 2 is 2.21 bits per heavy atom. The number of allylic oxidation sites excluding steroid dienone is 1. The van der Waals surface area contributed by atoms with Crippen LogP contribution in [0, 0.1) is 17.0 Å². The van der Waals surface area contributed by atoms with Crippen molar-refractivity contribution in [3.63, 3.8) is 0 Å². The molecule has 2 rings (SSSR count). The number of nitro benzene ring substituents is 1. The molecule has 4 heteroatoms. The van der Waals surface area contributed by atoms with E-state index >= 15 is 0 Å². The topological polar surface area (TPSA) is 55.2 Å². The molecule has 1 N–H and O–H groups in total. The summed E-state index contributed by atoms with van der Waals surface area (Å²) in [6.45, 7) is 2.63. The highest BCUT2D eigenvalue weighted by atomic mass is 16.6. The van der Waals surface area contributed by atoms with Gasteiger partial charge in [0.05, 0.1) is 4.92 Å². The summed E-state index contributed by atoms with van der Waals surface area (Å²) in [6, 6.07) is 5.18. The Balaban J connectivity index is 1.94. The lowest BCUT2D eigenvalue weighted by molar-refractivity contribution is -0.385. The van der Waals surface area contributed by atoms with Crippen LogP contribution in [0.4, 0.5) is 11.4 Å². The highest BCUT2D eigenvalue weighted by molar-refractivity contribution is 5.59. The average molecular weight is 260 g/mol. The minimum atomic E-state index is -0.329. The van der Waals surface area contributed by atoms with Crippen molar-refractivity contribution < 1.29 is 4.92 Å². The van der Waals surface area contributed by atoms with E-state index in [9.17, 15) is 10.1 Å². The molecule has 0 spiro atoms. The van der Waals surface area contributed by atoms with E-state index < -0.39 is 0 Å². The van der Waals surface area contributed by atoms with Gasteiger partial charge in [-0.05, 0) is 45.1 Å². The van der Waals surface area contributed by atoms with Gasteiger partial charge < -0.3 is 5.32 Å². The zero-order valence-electron chi connectivity index (χ0n) is 11.3. The molecule has 0 fully saturated rings. The maximum Gasteiger partial charge on any atom is 0.274 e. The Morgan fingerprint density at radius 3 is 2.89 bits per heavy atom. The van der Waals surface area contributed by atoms with Crippen molar-refractivity contribution in [1.82, 2.24) is 0 Å². The maximum atomic E-state index is 10.9. The second-order valence-corrected chi connectivity index (χ2v) is 4.99. The first-order valence-corrected chi connectivity index (χ1v) is 6.84. The van der Waals surface area contributed by atoms with E-state index in [4.69, 9.17) is 0 Å². The highest BCUT2D eigenvalue weighted by Gasteiger charge is 2.12. The molecule has 0 heterocycles. The quantitative estimate of drug-likeness (QED) is 0.490. The summed E-state index contributed by atoms with van der Waals surface area (Å²) in [4.78, 5) is 10.5. The van der Waals surface area contributed by atoms with Crippen LogP contribution >= 0.6 is 0 Å². The van der Waals surface area contributed by atoms with Crippen LogP contribution < -0.4 is 5.32 Å². The smallest absolute Gasteiger partial charge is 0.274 e. The predicted octanol–water partition coefficient (Wildman–Crippen LogP) is 4.21. The molecular weight excluding hydrogens is 240 g/mol. The van der Waals surface area contributed by atoms with Crippen molar-refractivity contribution in [3.05, 3.63) is 45.5 Å². The molecule has 0 aliphatic heterocycles. The van der Waals surface area contributed by atoms with E-state index in [2.05, 4.69) is 11.4 Å². The van der Waals surface area contributed by atoms with Crippen LogP contribution in [0.2, 0.25) is 0 Å². The molecule has 19 heavy (non-hydrogen) atoms. The summed E-state index contributed by atoms with van der Waals surface area (Å²) < 4.78 is 0. The number of nitrogens with zero attached hydrogens (tertiary/aromatic N) is 1. The van der Waals surface area contributed by atoms with Crippen molar-refractivity contribution in [2.45, 2.75) is 39.0 Å². The molecule has 102 valence electrons. The highest BCUT2D eigenvalue weighted by Crippen LogP contribution is 2.25. The molecule has 1 aliphatic rings. The van der Waals surface area contributed by atoms with Gasteiger partial charge in [-0.25, -0.2) is 0 Å². The van der Waals surface area contributed by atoms with Crippen LogP contribution in [0.5, 0.6) is 0 Å². The third-order valence-electron chi connectivity index (χ3n) is 3.65. The molecule has 0 radical (unpaired) electrons. The number of hydrogen-bond acceptors (Lipinski definition) is 3. The minimum absolute atomic E-state index is 0.182. The largest absolute Gasteiger partial charge is 0.384 e. The number of rotatable bonds is 5. The van der Waals surface area contributed by atoms with Gasteiger partial charge in [0.25, 0.3) is 5.69 Å². The van der Waals surface area contributed by atoms with Crippen molar-refractivity contribution in [2.24, 2.45) is 0 Å². The van der Waals surface area contributed by atoms with Crippen molar-refractivity contribution >= 4 is 11.4 Å². The molecule has 1 aliphatic carbocycles. The molecule has 0 atom stereocenters. The van der Waals surface area contributed by atoms with Crippen LogP contribution in [0.3, 0.4) is 0 Å². The molecule has 4 nitrogen and oxygen atoms in total. The third-order valence-corrected chi connectivity index (χ3v) is 3.65. The van der Waals surface area contributed by atoms with E-state index in [0.29, 0.717) is 5.56 Å². The number of nitrogens with one attached hydrogen (secondary N) is 1. The van der Waals surface area contributed by atoms with Crippen LogP contribution in [0.25, 0.3) is 0 Å². The van der Waals surface area contributed by atoms with Gasteiger partial charge in [-0.3, -0.25) is 10.1 Å². The minimum Gasteiger partial charge on any atom is -0.384 e. The number of anilines is 1. The van der Waals surface area contributed by atoms with Crippen LogP contribution in [0.15, 0.2) is 29.8 Å². The zero-order valence-corrected chi connectivity index (χ0v) is 11.3. The van der Waals surface area contributed by atoms with Crippen LogP contribution in [0.1, 0.15) is 37.7 Å². The van der Waals surface area contributed by atoms with E-state index in [1.807, 2.05) is 6.07 Å². The van der Waals surface area contributed by atoms with E-state index in [1.165, 1.54) is 31.3 Å². The molecule has 0 saturated heterocycles. The summed E-state index contributed by atoms with van der Waals surface area (Å²) in [5.41, 5.74) is 3.28. The fourth-order valence-electron chi connectivity index (χ4n) is 2.50. The number of benzene rings is 1. The fraction of sp³-hybridized carbons (Fsp3) is 0.467. The first-order valence-electron chi connectivity index (χ1n) is 6.84. The normalized spacial score (nSPS) is 14.9. The van der Waals surface area contributed by atoms with E-state index in [0.717, 1.165) is 18.7 Å². The second kappa shape index (κ2) is 6.36. The summed E-state index contributed by atoms with van der Waals surface area (Å²) in [5, 5.41) is 14.2. The second-order valence-electron chi connectivity index (χ2n) is 4.99. The fourth-order valence-corrected chi connectivity index (χ4v) is 2.50. The first-order chi connectivity index (χ1) is 9.18. The summed E-state index contributed by atoms with van der Waals surface area (Å²) in [5.74, 6) is 0. The zero-order chi connectivity index (χ0) is 13.7. The van der Waals surface area contributed by atoms with Gasteiger partial charge in [0.15, 0.2) is 0 Å². The van der Waals surface area contributed by atoms with Crippen molar-refractivity contribution in [2.75, 3.05) is 11.9 Å². The van der Waals surface area contributed by atoms with Gasteiger partial charge >= 0.3 is 0 Å². The SMILES string of the molecule is Cc1c(NCCC2=CCCCC2)cccc1[N+](=O)[O-]. The van der Waals surface area contributed by atoms with Crippen LogP contribution in [-0.4, -0.2) is 11.5 Å². The Labute approximate surface area is 113 Å². The standard InChI is InChI=1S/C15H20N2O2/c1-12-14(8-5-9-15(12)17(18)19)16-11-10-13-6-3-2-4-7-13/h5-6,8-9,16H,2-4,7,10-11H2,1H3. The van der Waals surface area contributed by atoms with Gasteiger partial charge in [0.1, 0.15) is 0 Å². The molecule has 0 bridgehead atoms. The molecule has 0 saturated carbocycles. The van der Waals surface area contributed by atoms with Gasteiger partial charge in [-0.1, -0.05) is 17.7 Å². The lowest BCUT2D eigenvalue weighted by Gasteiger charge is -2.14. The van der Waals surface area contributed by atoms with Gasteiger partial charge in [0, 0.05) is 23.9 Å². The monoisotopic (exact) mass is 260 g/mol. The summed E-state index contributed by atoms with van der Waals surface area (Å²) in [7, 11) is 0. The molecule has 1 aromatic rings. The van der Waals surface area contributed by atoms with Gasteiger partial charge in [-0.2, -0.15) is 0 Å². The molecule has 0 aromatic heterocycles. The van der Waals surface area contributed by atoms with E-state index in [1.54, 1.807) is 19.1 Å². The number of nitro groups is 1. The lowest BCUT2D eigenvalue weighted by Crippen LogP contribution is -2.06. The molecule has 0 unspecified atom stereocenters. The van der Waals surface area contributed by atoms with Gasteiger partial charge in [-0.15, -0.1) is 0 Å². The molecular formula is C15H20N2O2. The van der Waals surface area contributed by atoms with Crippen molar-refractivity contribution in [1.29, 1.82) is 0 Å². The Hall–Kier alpha value is -1.84. The Kier molecular flexibility index (Phi) is 4.55.